The van der Waals surface area contributed by atoms with Crippen LogP contribution in [0, 0.1) is 11.6 Å². The van der Waals surface area contributed by atoms with E-state index in [1.165, 1.54) is 0 Å². The van der Waals surface area contributed by atoms with Crippen molar-refractivity contribution in [3.05, 3.63) is 34.1 Å². The number of rotatable bonds is 2. The van der Waals surface area contributed by atoms with Gasteiger partial charge in [-0.3, -0.25) is 4.90 Å². The molecule has 1 saturated heterocycles. The third kappa shape index (κ3) is 2.83. The van der Waals surface area contributed by atoms with Gasteiger partial charge in [-0.05, 0) is 19.2 Å². The number of nitrogens with zero attached hydrogens (tertiary/aromatic N) is 3. The molecule has 1 aromatic heterocycles. The second-order valence-corrected chi connectivity index (χ2v) is 5.82. The molecule has 0 saturated carbocycles. The quantitative estimate of drug-likeness (QED) is 0.892. The predicted octanol–water partition coefficient (Wildman–Crippen LogP) is 2.35. The Balaban J connectivity index is 1.95. The molecule has 1 atom stereocenters. The molecule has 1 fully saturated rings. The second kappa shape index (κ2) is 5.78. The number of hydrogen-bond acceptors (Lipinski definition) is 5. The summed E-state index contributed by atoms with van der Waals surface area (Å²) in [6, 6.07) is 2.26. The van der Waals surface area contributed by atoms with Crippen LogP contribution in [0.1, 0.15) is 11.9 Å². The molecule has 1 aromatic carbocycles. The summed E-state index contributed by atoms with van der Waals surface area (Å²) in [4.78, 5) is 6.22. The molecule has 5 nitrogen and oxygen atoms in total. The van der Waals surface area contributed by atoms with E-state index in [-0.39, 0.29) is 17.5 Å². The molecule has 2 aromatic rings. The Morgan fingerprint density at radius 1 is 1.38 bits per heavy atom. The summed E-state index contributed by atoms with van der Waals surface area (Å²) in [6.45, 7) is 2.39. The minimum Gasteiger partial charge on any atom is -0.334 e. The molecule has 1 aliphatic rings. The standard InChI is InChI=1S/C13H13BrF2N4O/c1-20-3-2-17-6-10(20)12-18-13(21-19-12)11-8(15)4-7(14)5-9(11)16/h4-5,10,17H,2-3,6H2,1H3. The van der Waals surface area contributed by atoms with Gasteiger partial charge in [-0.2, -0.15) is 4.98 Å². The Bertz CT molecular complexity index is 640. The molecule has 112 valence electrons. The Morgan fingerprint density at radius 2 is 2.10 bits per heavy atom. The van der Waals surface area contributed by atoms with E-state index in [1.807, 2.05) is 7.05 Å². The highest BCUT2D eigenvalue weighted by Gasteiger charge is 2.27. The fourth-order valence-electron chi connectivity index (χ4n) is 2.31. The predicted molar refractivity (Wildman–Crippen MR) is 75.6 cm³/mol. The van der Waals surface area contributed by atoms with Crippen LogP contribution in [0.2, 0.25) is 0 Å². The lowest BCUT2D eigenvalue weighted by atomic mass is 10.2. The lowest BCUT2D eigenvalue weighted by molar-refractivity contribution is 0.190. The minimum absolute atomic E-state index is 0.0715. The summed E-state index contributed by atoms with van der Waals surface area (Å²) in [5, 5.41) is 7.08. The van der Waals surface area contributed by atoms with E-state index in [0.717, 1.165) is 25.2 Å². The van der Waals surface area contributed by atoms with Crippen molar-refractivity contribution in [2.45, 2.75) is 6.04 Å². The first-order chi connectivity index (χ1) is 10.1. The monoisotopic (exact) mass is 358 g/mol. The lowest BCUT2D eigenvalue weighted by Gasteiger charge is -2.30. The largest absolute Gasteiger partial charge is 0.334 e. The van der Waals surface area contributed by atoms with Crippen LogP contribution in [-0.2, 0) is 0 Å². The van der Waals surface area contributed by atoms with Crippen molar-refractivity contribution < 1.29 is 13.3 Å². The molecule has 0 bridgehead atoms. The molecule has 0 spiro atoms. The molecule has 8 heteroatoms. The van der Waals surface area contributed by atoms with Crippen LogP contribution in [0.4, 0.5) is 8.78 Å². The number of likely N-dealkylation sites (N-methyl/N-ethyl adjacent to an activating group) is 1. The summed E-state index contributed by atoms with van der Waals surface area (Å²) in [5.41, 5.74) is -0.302. The summed E-state index contributed by atoms with van der Waals surface area (Å²) in [7, 11) is 1.95. The van der Waals surface area contributed by atoms with Gasteiger partial charge in [0.25, 0.3) is 5.89 Å². The fourth-order valence-corrected chi connectivity index (χ4v) is 2.71. The first-order valence-electron chi connectivity index (χ1n) is 6.45. The maximum Gasteiger partial charge on any atom is 0.263 e. The van der Waals surface area contributed by atoms with Crippen LogP contribution in [0.5, 0.6) is 0 Å². The normalized spacial score (nSPS) is 19.9. The molecule has 21 heavy (non-hydrogen) atoms. The minimum atomic E-state index is -0.743. The van der Waals surface area contributed by atoms with E-state index in [1.54, 1.807) is 0 Å². The molecule has 1 aliphatic heterocycles. The van der Waals surface area contributed by atoms with Gasteiger partial charge in [0, 0.05) is 24.1 Å². The average molecular weight is 359 g/mol. The maximum atomic E-state index is 13.9. The van der Waals surface area contributed by atoms with Crippen molar-refractivity contribution in [1.29, 1.82) is 0 Å². The molecule has 1 N–H and O–H groups in total. The number of aromatic nitrogens is 2. The lowest BCUT2D eigenvalue weighted by Crippen LogP contribution is -2.44. The van der Waals surface area contributed by atoms with Crippen molar-refractivity contribution in [3.63, 3.8) is 0 Å². The molecule has 0 amide bonds. The van der Waals surface area contributed by atoms with Crippen molar-refractivity contribution in [2.24, 2.45) is 0 Å². The van der Waals surface area contributed by atoms with Crippen molar-refractivity contribution >= 4 is 15.9 Å². The zero-order chi connectivity index (χ0) is 15.0. The van der Waals surface area contributed by atoms with Gasteiger partial charge in [-0.1, -0.05) is 21.1 Å². The number of nitrogens with one attached hydrogen (secondary N) is 1. The van der Waals surface area contributed by atoms with Gasteiger partial charge in [0.2, 0.25) is 0 Å². The van der Waals surface area contributed by atoms with E-state index in [0.29, 0.717) is 16.8 Å². The first-order valence-corrected chi connectivity index (χ1v) is 7.25. The van der Waals surface area contributed by atoms with Crippen LogP contribution in [0.15, 0.2) is 21.1 Å². The fraction of sp³-hybridized carbons (Fsp3) is 0.385. The number of benzene rings is 1. The van der Waals surface area contributed by atoms with Crippen molar-refractivity contribution in [3.8, 4) is 11.5 Å². The molecular formula is C13H13BrF2N4O. The Hall–Kier alpha value is -1.38. The topological polar surface area (TPSA) is 54.2 Å². The van der Waals surface area contributed by atoms with Gasteiger partial charge in [0.1, 0.15) is 17.2 Å². The van der Waals surface area contributed by atoms with Crippen LogP contribution in [0.3, 0.4) is 0 Å². The highest BCUT2D eigenvalue weighted by molar-refractivity contribution is 9.10. The van der Waals surface area contributed by atoms with E-state index in [4.69, 9.17) is 4.52 Å². The number of hydrogen-bond donors (Lipinski definition) is 1. The van der Waals surface area contributed by atoms with Gasteiger partial charge in [0.15, 0.2) is 5.82 Å². The summed E-state index contributed by atoms with van der Waals surface area (Å²) < 4.78 is 33.2. The molecule has 0 aliphatic carbocycles. The smallest absolute Gasteiger partial charge is 0.263 e. The van der Waals surface area contributed by atoms with E-state index in [9.17, 15) is 8.78 Å². The van der Waals surface area contributed by atoms with E-state index in [2.05, 4.69) is 36.3 Å². The van der Waals surface area contributed by atoms with Gasteiger partial charge >= 0.3 is 0 Å². The second-order valence-electron chi connectivity index (χ2n) is 4.90. The third-order valence-corrected chi connectivity index (χ3v) is 3.93. The zero-order valence-corrected chi connectivity index (χ0v) is 12.8. The average Bonchev–Trinajstić information content (AvgIpc) is 2.87. The molecule has 2 heterocycles. The van der Waals surface area contributed by atoms with E-state index < -0.39 is 11.6 Å². The molecule has 0 radical (unpaired) electrons. The Labute approximate surface area is 128 Å². The highest BCUT2D eigenvalue weighted by Crippen LogP contribution is 2.29. The SMILES string of the molecule is CN1CCNCC1c1noc(-c2c(F)cc(Br)cc2F)n1. The van der Waals surface area contributed by atoms with Crippen LogP contribution < -0.4 is 5.32 Å². The third-order valence-electron chi connectivity index (χ3n) is 3.47. The Kier molecular flexibility index (Phi) is 4.01. The summed E-state index contributed by atoms with van der Waals surface area (Å²) in [5.74, 6) is -1.22. The molecule has 3 rings (SSSR count). The van der Waals surface area contributed by atoms with Gasteiger partial charge < -0.3 is 9.84 Å². The Morgan fingerprint density at radius 3 is 2.76 bits per heavy atom. The molecular weight excluding hydrogens is 346 g/mol. The summed E-state index contributed by atoms with van der Waals surface area (Å²) >= 11 is 3.03. The number of piperazine rings is 1. The number of halogens is 3. The van der Waals surface area contributed by atoms with Gasteiger partial charge in [-0.15, -0.1) is 0 Å². The van der Waals surface area contributed by atoms with Crippen LogP contribution >= 0.6 is 15.9 Å². The molecule has 1 unspecified atom stereocenters. The van der Waals surface area contributed by atoms with E-state index >= 15 is 0 Å². The summed E-state index contributed by atoms with van der Waals surface area (Å²) in [6.07, 6.45) is 0. The maximum absolute atomic E-state index is 13.9. The zero-order valence-electron chi connectivity index (χ0n) is 11.2. The van der Waals surface area contributed by atoms with Crippen LogP contribution in [0.25, 0.3) is 11.5 Å². The first kappa shape index (κ1) is 14.6. The van der Waals surface area contributed by atoms with Gasteiger partial charge in [0.05, 0.1) is 6.04 Å². The van der Waals surface area contributed by atoms with Crippen molar-refractivity contribution in [1.82, 2.24) is 20.4 Å². The van der Waals surface area contributed by atoms with Gasteiger partial charge in [-0.25, -0.2) is 8.78 Å². The highest BCUT2D eigenvalue weighted by atomic mass is 79.9. The van der Waals surface area contributed by atoms with Crippen molar-refractivity contribution in [2.75, 3.05) is 26.7 Å². The van der Waals surface area contributed by atoms with Crippen LogP contribution in [-0.4, -0.2) is 41.7 Å².